The summed E-state index contributed by atoms with van der Waals surface area (Å²) in [6.07, 6.45) is 1.91. The Bertz CT molecular complexity index is 281. The minimum atomic E-state index is 0.173. The van der Waals surface area contributed by atoms with Gasteiger partial charge in [0.05, 0.1) is 0 Å². The Morgan fingerprint density at radius 2 is 2.29 bits per heavy atom. The van der Waals surface area contributed by atoms with Crippen LogP contribution in [0, 0.1) is 12.3 Å². The number of thiazole rings is 1. The Hall–Kier alpha value is -0.450. The molecule has 4 heteroatoms. The van der Waals surface area contributed by atoms with Gasteiger partial charge in [0.15, 0.2) is 0 Å². The van der Waals surface area contributed by atoms with E-state index in [1.54, 1.807) is 11.3 Å². The van der Waals surface area contributed by atoms with Crippen molar-refractivity contribution in [3.8, 4) is 0 Å². The van der Waals surface area contributed by atoms with Gasteiger partial charge >= 0.3 is 0 Å². The first kappa shape index (κ1) is 11.6. The molecule has 3 nitrogen and oxygen atoms in total. The first-order valence-electron chi connectivity index (χ1n) is 4.85. The molecule has 0 atom stereocenters. The summed E-state index contributed by atoms with van der Waals surface area (Å²) in [7, 11) is 0. The van der Waals surface area contributed by atoms with Gasteiger partial charge in [0.1, 0.15) is 5.01 Å². The van der Waals surface area contributed by atoms with Crippen molar-refractivity contribution in [1.29, 1.82) is 0 Å². The summed E-state index contributed by atoms with van der Waals surface area (Å²) >= 11 is 1.74. The minimum Gasteiger partial charge on any atom is -0.330 e. The van der Waals surface area contributed by atoms with Crippen LogP contribution in [0.15, 0.2) is 6.20 Å². The first-order valence-corrected chi connectivity index (χ1v) is 5.67. The Morgan fingerprint density at radius 3 is 2.79 bits per heavy atom. The molecule has 0 saturated carbocycles. The SMILES string of the molecule is Cc1cnc(CNCC(C)(C)CN)s1. The third kappa shape index (κ3) is 3.74. The first-order chi connectivity index (χ1) is 6.53. The van der Waals surface area contributed by atoms with E-state index in [-0.39, 0.29) is 5.41 Å². The maximum atomic E-state index is 5.64. The summed E-state index contributed by atoms with van der Waals surface area (Å²) in [5.74, 6) is 0. The van der Waals surface area contributed by atoms with E-state index in [0.717, 1.165) is 18.1 Å². The van der Waals surface area contributed by atoms with Crippen molar-refractivity contribution < 1.29 is 0 Å². The van der Waals surface area contributed by atoms with Crippen molar-refractivity contribution in [1.82, 2.24) is 10.3 Å². The highest BCUT2D eigenvalue weighted by atomic mass is 32.1. The van der Waals surface area contributed by atoms with Gasteiger partial charge in [0.25, 0.3) is 0 Å². The summed E-state index contributed by atoms with van der Waals surface area (Å²) < 4.78 is 0. The molecule has 1 aromatic rings. The van der Waals surface area contributed by atoms with E-state index in [0.29, 0.717) is 6.54 Å². The monoisotopic (exact) mass is 213 g/mol. The van der Waals surface area contributed by atoms with E-state index in [1.165, 1.54) is 4.88 Å². The van der Waals surface area contributed by atoms with Crippen molar-refractivity contribution in [2.24, 2.45) is 11.1 Å². The van der Waals surface area contributed by atoms with E-state index >= 15 is 0 Å². The molecule has 0 aliphatic rings. The van der Waals surface area contributed by atoms with Crippen LogP contribution in [-0.2, 0) is 6.54 Å². The lowest BCUT2D eigenvalue weighted by Crippen LogP contribution is -2.35. The summed E-state index contributed by atoms with van der Waals surface area (Å²) in [6, 6.07) is 0. The molecule has 0 unspecified atom stereocenters. The van der Waals surface area contributed by atoms with Gasteiger partial charge in [-0.15, -0.1) is 11.3 Å². The zero-order chi connectivity index (χ0) is 10.6. The lowest BCUT2D eigenvalue weighted by Gasteiger charge is -2.22. The van der Waals surface area contributed by atoms with E-state index in [4.69, 9.17) is 5.73 Å². The van der Waals surface area contributed by atoms with E-state index in [9.17, 15) is 0 Å². The number of nitrogens with one attached hydrogen (secondary N) is 1. The molecule has 0 amide bonds. The molecular formula is C10H19N3S. The van der Waals surface area contributed by atoms with Gasteiger partial charge in [-0.25, -0.2) is 4.98 Å². The fourth-order valence-electron chi connectivity index (χ4n) is 1.06. The Labute approximate surface area is 89.7 Å². The lowest BCUT2D eigenvalue weighted by molar-refractivity contribution is 0.351. The highest BCUT2D eigenvalue weighted by Gasteiger charge is 2.14. The van der Waals surface area contributed by atoms with Crippen molar-refractivity contribution in [2.45, 2.75) is 27.3 Å². The molecular weight excluding hydrogens is 194 g/mol. The van der Waals surface area contributed by atoms with Gasteiger partial charge in [-0.2, -0.15) is 0 Å². The van der Waals surface area contributed by atoms with E-state index in [1.807, 2.05) is 6.20 Å². The molecule has 3 N–H and O–H groups in total. The average Bonchev–Trinajstić information content (AvgIpc) is 2.51. The molecule has 0 aliphatic carbocycles. The molecule has 0 saturated heterocycles. The lowest BCUT2D eigenvalue weighted by atomic mass is 9.94. The Balaban J connectivity index is 2.28. The van der Waals surface area contributed by atoms with Gasteiger partial charge in [-0.05, 0) is 18.9 Å². The number of rotatable bonds is 5. The zero-order valence-electron chi connectivity index (χ0n) is 9.13. The summed E-state index contributed by atoms with van der Waals surface area (Å²) in [6.45, 7) is 8.88. The van der Waals surface area contributed by atoms with Crippen LogP contribution in [0.1, 0.15) is 23.7 Å². The molecule has 0 radical (unpaired) electrons. The molecule has 1 rings (SSSR count). The van der Waals surface area contributed by atoms with Crippen LogP contribution in [0.4, 0.5) is 0 Å². The van der Waals surface area contributed by atoms with Crippen molar-refractivity contribution in [3.63, 3.8) is 0 Å². The molecule has 80 valence electrons. The van der Waals surface area contributed by atoms with Gasteiger partial charge in [0.2, 0.25) is 0 Å². The molecule has 1 heterocycles. The number of aromatic nitrogens is 1. The number of aryl methyl sites for hydroxylation is 1. The van der Waals surface area contributed by atoms with Gasteiger partial charge in [0, 0.05) is 24.2 Å². The number of nitrogens with zero attached hydrogens (tertiary/aromatic N) is 1. The standard InChI is InChI=1S/C10H19N3S/c1-8-4-13-9(14-8)5-12-7-10(2,3)6-11/h4,12H,5-7,11H2,1-3H3. The van der Waals surface area contributed by atoms with Crippen LogP contribution in [0.5, 0.6) is 0 Å². The molecule has 0 fully saturated rings. The van der Waals surface area contributed by atoms with E-state index in [2.05, 4.69) is 31.1 Å². The molecule has 0 spiro atoms. The molecule has 0 aliphatic heterocycles. The summed E-state index contributed by atoms with van der Waals surface area (Å²) in [5, 5.41) is 4.52. The van der Waals surface area contributed by atoms with Crippen LogP contribution >= 0.6 is 11.3 Å². The second-order valence-electron chi connectivity index (χ2n) is 4.34. The van der Waals surface area contributed by atoms with Gasteiger partial charge < -0.3 is 11.1 Å². The maximum Gasteiger partial charge on any atom is 0.107 e. The third-order valence-corrected chi connectivity index (χ3v) is 3.01. The van der Waals surface area contributed by atoms with Crippen molar-refractivity contribution in [2.75, 3.05) is 13.1 Å². The average molecular weight is 213 g/mol. The van der Waals surface area contributed by atoms with Crippen LogP contribution in [0.25, 0.3) is 0 Å². The number of nitrogens with two attached hydrogens (primary N) is 1. The highest BCUT2D eigenvalue weighted by molar-refractivity contribution is 7.11. The van der Waals surface area contributed by atoms with Crippen LogP contribution < -0.4 is 11.1 Å². The molecule has 1 aromatic heterocycles. The van der Waals surface area contributed by atoms with Gasteiger partial charge in [-0.1, -0.05) is 13.8 Å². The van der Waals surface area contributed by atoms with Crippen LogP contribution in [-0.4, -0.2) is 18.1 Å². The van der Waals surface area contributed by atoms with Gasteiger partial charge in [-0.3, -0.25) is 0 Å². The minimum absolute atomic E-state index is 0.173. The third-order valence-electron chi connectivity index (χ3n) is 2.10. The maximum absolute atomic E-state index is 5.64. The van der Waals surface area contributed by atoms with Crippen LogP contribution in [0.3, 0.4) is 0 Å². The second kappa shape index (κ2) is 4.87. The smallest absolute Gasteiger partial charge is 0.107 e. The normalized spacial score (nSPS) is 12.0. The Morgan fingerprint density at radius 1 is 1.57 bits per heavy atom. The zero-order valence-corrected chi connectivity index (χ0v) is 9.95. The predicted octanol–water partition coefficient (Wildman–Crippen LogP) is 1.53. The highest BCUT2D eigenvalue weighted by Crippen LogP contribution is 2.13. The number of hydrogen-bond donors (Lipinski definition) is 2. The van der Waals surface area contributed by atoms with E-state index < -0.39 is 0 Å². The fourth-order valence-corrected chi connectivity index (χ4v) is 1.82. The summed E-state index contributed by atoms with van der Waals surface area (Å²) in [5.41, 5.74) is 5.81. The topological polar surface area (TPSA) is 50.9 Å². The quantitative estimate of drug-likeness (QED) is 0.780. The summed E-state index contributed by atoms with van der Waals surface area (Å²) in [4.78, 5) is 5.55. The van der Waals surface area contributed by atoms with Crippen LogP contribution in [0.2, 0.25) is 0 Å². The van der Waals surface area contributed by atoms with Crippen molar-refractivity contribution >= 4 is 11.3 Å². The second-order valence-corrected chi connectivity index (χ2v) is 5.66. The number of hydrogen-bond acceptors (Lipinski definition) is 4. The molecule has 14 heavy (non-hydrogen) atoms. The predicted molar refractivity (Wildman–Crippen MR) is 61.4 cm³/mol. The fraction of sp³-hybridized carbons (Fsp3) is 0.700. The van der Waals surface area contributed by atoms with Crippen molar-refractivity contribution in [3.05, 3.63) is 16.1 Å². The Kier molecular flexibility index (Phi) is 4.04. The largest absolute Gasteiger partial charge is 0.330 e. The molecule has 0 bridgehead atoms. The molecule has 0 aromatic carbocycles.